The zero-order chi connectivity index (χ0) is 20.6. The van der Waals surface area contributed by atoms with Crippen molar-refractivity contribution in [2.24, 2.45) is 5.10 Å². The highest BCUT2D eigenvalue weighted by atomic mass is 79.9. The van der Waals surface area contributed by atoms with Gasteiger partial charge in [-0.2, -0.15) is 5.10 Å². The first-order valence-corrected chi connectivity index (χ1v) is 9.93. The zero-order valence-electron chi connectivity index (χ0n) is 14.8. The van der Waals surface area contributed by atoms with Gasteiger partial charge in [-0.05, 0) is 57.9 Å². The van der Waals surface area contributed by atoms with Gasteiger partial charge in [-0.3, -0.25) is 4.79 Å². The van der Waals surface area contributed by atoms with Crippen molar-refractivity contribution in [2.45, 2.75) is 0 Å². The van der Waals surface area contributed by atoms with Crippen LogP contribution in [0.15, 0.2) is 85.4 Å². The molecule has 0 saturated carbocycles. The molecule has 1 aromatic heterocycles. The molecule has 0 bridgehead atoms. The molecule has 0 aliphatic heterocycles. The molecule has 0 fully saturated rings. The number of hydrazone groups is 1. The molecule has 0 radical (unpaired) electrons. The lowest BCUT2D eigenvalue weighted by molar-refractivity contribution is -0.128. The molecular weight excluding hydrogens is 504 g/mol. The fourth-order valence-electron chi connectivity index (χ4n) is 2.24. The summed E-state index contributed by atoms with van der Waals surface area (Å²) in [7, 11) is 0. The summed E-state index contributed by atoms with van der Waals surface area (Å²) in [5.74, 6) is -0.628. The van der Waals surface area contributed by atoms with E-state index in [-0.39, 0.29) is 5.76 Å². The van der Waals surface area contributed by atoms with Crippen molar-refractivity contribution in [2.75, 3.05) is 0 Å². The first kappa shape index (κ1) is 20.8. The standard InChI is InChI=1S/C21H14Br2N2O4/c22-16-7-8-17(29-20(26)11-6-14-4-2-1-3-5-14)15(12-16)13-24-25-21(27)18-9-10-19(23)28-18/h1-13H,(H,25,27)/b11-6+,24-13-. The number of halogens is 2. The van der Waals surface area contributed by atoms with Crippen LogP contribution in [0.25, 0.3) is 6.08 Å². The molecule has 146 valence electrons. The Bertz CT molecular complexity index is 1080. The lowest BCUT2D eigenvalue weighted by Crippen LogP contribution is -2.17. The number of carbonyl (C=O) groups is 2. The second kappa shape index (κ2) is 9.99. The molecule has 0 aliphatic rings. The van der Waals surface area contributed by atoms with Crippen LogP contribution < -0.4 is 10.2 Å². The van der Waals surface area contributed by atoms with E-state index in [1.807, 2.05) is 30.3 Å². The first-order valence-electron chi connectivity index (χ1n) is 8.34. The summed E-state index contributed by atoms with van der Waals surface area (Å²) >= 11 is 6.49. The lowest BCUT2D eigenvalue weighted by atomic mass is 10.2. The van der Waals surface area contributed by atoms with Crippen molar-refractivity contribution in [3.05, 3.63) is 92.8 Å². The summed E-state index contributed by atoms with van der Waals surface area (Å²) in [6.45, 7) is 0. The number of benzene rings is 2. The van der Waals surface area contributed by atoms with Crippen LogP contribution in [0.3, 0.4) is 0 Å². The number of hydrogen-bond acceptors (Lipinski definition) is 5. The van der Waals surface area contributed by atoms with Gasteiger partial charge in [-0.15, -0.1) is 0 Å². The van der Waals surface area contributed by atoms with Gasteiger partial charge in [0.2, 0.25) is 0 Å². The van der Waals surface area contributed by atoms with E-state index in [1.165, 1.54) is 18.4 Å². The van der Waals surface area contributed by atoms with Gasteiger partial charge < -0.3 is 9.15 Å². The minimum absolute atomic E-state index is 0.112. The van der Waals surface area contributed by atoms with Gasteiger partial charge in [0.25, 0.3) is 0 Å². The predicted molar refractivity (Wildman–Crippen MR) is 117 cm³/mol. The number of ether oxygens (including phenoxy) is 1. The largest absolute Gasteiger partial charge is 0.444 e. The van der Waals surface area contributed by atoms with Crippen LogP contribution >= 0.6 is 31.9 Å². The molecule has 3 aromatic rings. The number of hydrogen-bond donors (Lipinski definition) is 1. The van der Waals surface area contributed by atoms with Crippen LogP contribution in [0.2, 0.25) is 0 Å². The van der Waals surface area contributed by atoms with Crippen LogP contribution in [0.5, 0.6) is 5.75 Å². The molecular formula is C21H14Br2N2O4. The fourth-order valence-corrected chi connectivity index (χ4v) is 2.92. The van der Waals surface area contributed by atoms with Gasteiger partial charge in [0, 0.05) is 16.1 Å². The average molecular weight is 518 g/mol. The smallest absolute Gasteiger partial charge is 0.336 e. The highest BCUT2D eigenvalue weighted by Gasteiger charge is 2.10. The summed E-state index contributed by atoms with van der Waals surface area (Å²) < 4.78 is 11.8. The lowest BCUT2D eigenvalue weighted by Gasteiger charge is -2.06. The van der Waals surface area contributed by atoms with Crippen LogP contribution in [-0.4, -0.2) is 18.1 Å². The predicted octanol–water partition coefficient (Wildman–Crippen LogP) is 5.19. The van der Waals surface area contributed by atoms with E-state index < -0.39 is 11.9 Å². The van der Waals surface area contributed by atoms with E-state index in [0.717, 1.165) is 10.0 Å². The Labute approximate surface area is 183 Å². The van der Waals surface area contributed by atoms with E-state index in [9.17, 15) is 9.59 Å². The molecule has 2 aromatic carbocycles. The summed E-state index contributed by atoms with van der Waals surface area (Å²) in [4.78, 5) is 24.1. The zero-order valence-corrected chi connectivity index (χ0v) is 18.0. The van der Waals surface area contributed by atoms with E-state index in [0.29, 0.717) is 16.0 Å². The number of nitrogens with zero attached hydrogens (tertiary/aromatic N) is 1. The highest BCUT2D eigenvalue weighted by Crippen LogP contribution is 2.22. The average Bonchev–Trinajstić information content (AvgIpc) is 3.15. The second-order valence-corrected chi connectivity index (χ2v) is 7.35. The van der Waals surface area contributed by atoms with E-state index in [2.05, 4.69) is 42.4 Å². The first-order chi connectivity index (χ1) is 14.0. The Hall–Kier alpha value is -2.97. The Kier molecular flexibility index (Phi) is 7.15. The maximum atomic E-state index is 12.1. The minimum atomic E-state index is -0.532. The van der Waals surface area contributed by atoms with E-state index in [1.54, 1.807) is 30.3 Å². The quantitative estimate of drug-likeness (QED) is 0.160. The third-order valence-corrected chi connectivity index (χ3v) is 4.48. The molecule has 1 heterocycles. The van der Waals surface area contributed by atoms with Crippen molar-refractivity contribution < 1.29 is 18.7 Å². The molecule has 1 amide bonds. The fraction of sp³-hybridized carbons (Fsp3) is 0. The third-order valence-electron chi connectivity index (χ3n) is 3.56. The summed E-state index contributed by atoms with van der Waals surface area (Å²) in [5.41, 5.74) is 3.74. The van der Waals surface area contributed by atoms with Crippen molar-refractivity contribution in [1.82, 2.24) is 5.43 Å². The molecule has 0 aliphatic carbocycles. The minimum Gasteiger partial charge on any atom is -0.444 e. The third kappa shape index (κ3) is 6.27. The normalized spacial score (nSPS) is 11.1. The molecule has 3 rings (SSSR count). The topological polar surface area (TPSA) is 80.9 Å². The van der Waals surface area contributed by atoms with Crippen molar-refractivity contribution in [1.29, 1.82) is 0 Å². The van der Waals surface area contributed by atoms with Crippen LogP contribution in [-0.2, 0) is 4.79 Å². The van der Waals surface area contributed by atoms with Crippen molar-refractivity contribution in [3.8, 4) is 5.75 Å². The van der Waals surface area contributed by atoms with Crippen LogP contribution in [0.1, 0.15) is 21.7 Å². The summed E-state index contributed by atoms with van der Waals surface area (Å²) in [6, 6.07) is 17.6. The Morgan fingerprint density at radius 2 is 1.83 bits per heavy atom. The van der Waals surface area contributed by atoms with Gasteiger partial charge in [0.1, 0.15) is 5.75 Å². The molecule has 0 atom stereocenters. The van der Waals surface area contributed by atoms with E-state index >= 15 is 0 Å². The number of nitrogens with one attached hydrogen (secondary N) is 1. The molecule has 0 unspecified atom stereocenters. The maximum Gasteiger partial charge on any atom is 0.336 e. The monoisotopic (exact) mass is 516 g/mol. The van der Waals surface area contributed by atoms with Gasteiger partial charge in [0.15, 0.2) is 10.4 Å². The molecule has 6 nitrogen and oxygen atoms in total. The van der Waals surface area contributed by atoms with E-state index in [4.69, 9.17) is 9.15 Å². The maximum absolute atomic E-state index is 12.1. The highest BCUT2D eigenvalue weighted by molar-refractivity contribution is 9.10. The molecule has 0 saturated heterocycles. The van der Waals surface area contributed by atoms with Gasteiger partial charge in [-0.1, -0.05) is 46.3 Å². The number of rotatable bonds is 6. The summed E-state index contributed by atoms with van der Waals surface area (Å²) in [6.07, 6.45) is 4.38. The van der Waals surface area contributed by atoms with Gasteiger partial charge >= 0.3 is 11.9 Å². The molecule has 8 heteroatoms. The van der Waals surface area contributed by atoms with Crippen LogP contribution in [0, 0.1) is 0 Å². The number of furan rings is 1. The van der Waals surface area contributed by atoms with Crippen LogP contribution in [0.4, 0.5) is 0 Å². The van der Waals surface area contributed by atoms with Crippen molar-refractivity contribution in [3.63, 3.8) is 0 Å². The number of carbonyl (C=O) groups excluding carboxylic acids is 2. The number of esters is 1. The van der Waals surface area contributed by atoms with Crippen molar-refractivity contribution >= 4 is 56.0 Å². The second-order valence-electron chi connectivity index (χ2n) is 5.65. The molecule has 1 N–H and O–H groups in total. The van der Waals surface area contributed by atoms with Gasteiger partial charge in [-0.25, -0.2) is 10.2 Å². The Morgan fingerprint density at radius 1 is 1.03 bits per heavy atom. The molecule has 29 heavy (non-hydrogen) atoms. The SMILES string of the molecule is O=C(/C=C/c1ccccc1)Oc1ccc(Br)cc1/C=N\NC(=O)c1ccc(Br)o1. The number of amides is 1. The van der Waals surface area contributed by atoms with Gasteiger partial charge in [0.05, 0.1) is 6.21 Å². The Balaban J connectivity index is 1.68. The summed E-state index contributed by atoms with van der Waals surface area (Å²) in [5, 5.41) is 3.90. The Morgan fingerprint density at radius 3 is 2.55 bits per heavy atom. The molecule has 0 spiro atoms.